The van der Waals surface area contributed by atoms with Crippen LogP contribution in [-0.4, -0.2) is 30.9 Å². The van der Waals surface area contributed by atoms with Gasteiger partial charge in [0.25, 0.3) is 0 Å². The molecule has 124 valence electrons. The maximum absolute atomic E-state index is 12.8. The van der Waals surface area contributed by atoms with Crippen molar-refractivity contribution in [2.75, 3.05) is 25.0 Å². The van der Waals surface area contributed by atoms with Gasteiger partial charge in [-0.2, -0.15) is 0 Å². The van der Waals surface area contributed by atoms with Crippen LogP contribution in [0.3, 0.4) is 0 Å². The van der Waals surface area contributed by atoms with E-state index < -0.39 is 0 Å². The third kappa shape index (κ3) is 3.03. The van der Waals surface area contributed by atoms with Gasteiger partial charge in [-0.15, -0.1) is 0 Å². The van der Waals surface area contributed by atoms with Crippen molar-refractivity contribution < 1.29 is 4.79 Å². The summed E-state index contributed by atoms with van der Waals surface area (Å²) in [7, 11) is 2.11. The minimum absolute atomic E-state index is 0.309. The number of carbonyl (C=O) groups is 1. The zero-order valence-corrected chi connectivity index (χ0v) is 14.2. The van der Waals surface area contributed by atoms with Gasteiger partial charge in [0.15, 0.2) is 0 Å². The van der Waals surface area contributed by atoms with E-state index in [4.69, 9.17) is 0 Å². The number of nitrogens with zero attached hydrogens (tertiary/aromatic N) is 2. The second-order valence-electron chi connectivity index (χ2n) is 7.08. The fraction of sp³-hybridized carbons (Fsp3) is 0.381. The monoisotopic (exact) mass is 320 g/mol. The van der Waals surface area contributed by atoms with E-state index in [1.165, 1.54) is 16.8 Å². The van der Waals surface area contributed by atoms with Crippen molar-refractivity contribution in [1.29, 1.82) is 0 Å². The largest absolute Gasteiger partial charge is 0.373 e. The number of anilines is 1. The number of amides is 1. The van der Waals surface area contributed by atoms with Gasteiger partial charge < -0.3 is 9.80 Å². The molecule has 0 N–H and O–H groups in total. The topological polar surface area (TPSA) is 23.6 Å². The second kappa shape index (κ2) is 6.31. The van der Waals surface area contributed by atoms with Crippen molar-refractivity contribution >= 4 is 11.6 Å². The molecule has 0 aromatic heterocycles. The average Bonchev–Trinajstić information content (AvgIpc) is 3.40. The highest BCUT2D eigenvalue weighted by Crippen LogP contribution is 2.49. The Kier molecular flexibility index (Phi) is 4.01. The summed E-state index contributed by atoms with van der Waals surface area (Å²) in [6.45, 7) is 2.45. The van der Waals surface area contributed by atoms with Gasteiger partial charge in [0.05, 0.1) is 0 Å². The summed E-state index contributed by atoms with van der Waals surface area (Å²) in [5.41, 5.74) is 3.89. The fourth-order valence-electron chi connectivity index (χ4n) is 3.84. The molecule has 2 atom stereocenters. The molecule has 24 heavy (non-hydrogen) atoms. The minimum atomic E-state index is 0.309. The second-order valence-corrected chi connectivity index (χ2v) is 7.08. The highest BCUT2D eigenvalue weighted by Gasteiger charge is 2.40. The van der Waals surface area contributed by atoms with Crippen LogP contribution in [0.15, 0.2) is 54.6 Å². The third-order valence-corrected chi connectivity index (χ3v) is 5.41. The lowest BCUT2D eigenvalue weighted by Crippen LogP contribution is -2.34. The van der Waals surface area contributed by atoms with Crippen molar-refractivity contribution in [2.45, 2.75) is 25.3 Å². The molecule has 2 aromatic rings. The predicted molar refractivity (Wildman–Crippen MR) is 97.0 cm³/mol. The van der Waals surface area contributed by atoms with Crippen LogP contribution >= 0.6 is 0 Å². The Morgan fingerprint density at radius 2 is 1.79 bits per heavy atom. The van der Waals surface area contributed by atoms with E-state index in [0.29, 0.717) is 24.2 Å². The molecular formula is C21H24N2O. The van der Waals surface area contributed by atoms with Crippen LogP contribution in [0.5, 0.6) is 0 Å². The van der Waals surface area contributed by atoms with Gasteiger partial charge in [-0.25, -0.2) is 0 Å². The lowest BCUT2D eigenvalue weighted by Gasteiger charge is -2.21. The molecule has 3 nitrogen and oxygen atoms in total. The SMILES string of the molecule is CN1CCN(C(=O)C[C@@H]2C[C@H]2c2ccccc2)Cc2ccccc21. The van der Waals surface area contributed by atoms with Gasteiger partial charge in [-0.1, -0.05) is 48.5 Å². The molecule has 0 unspecified atom stereocenters. The van der Waals surface area contributed by atoms with Crippen LogP contribution in [0.4, 0.5) is 5.69 Å². The summed E-state index contributed by atoms with van der Waals surface area (Å²) in [5, 5.41) is 0. The summed E-state index contributed by atoms with van der Waals surface area (Å²) in [6, 6.07) is 19.0. The molecule has 0 spiro atoms. The quantitative estimate of drug-likeness (QED) is 0.862. The molecule has 1 aliphatic heterocycles. The Balaban J connectivity index is 1.41. The maximum atomic E-state index is 12.8. The summed E-state index contributed by atoms with van der Waals surface area (Å²) in [4.78, 5) is 17.1. The molecule has 1 heterocycles. The molecule has 0 radical (unpaired) electrons. The number of carbonyl (C=O) groups excluding carboxylic acids is 1. The number of hydrogen-bond acceptors (Lipinski definition) is 2. The molecular weight excluding hydrogens is 296 g/mol. The first-order valence-electron chi connectivity index (χ1n) is 8.84. The molecule has 2 aliphatic rings. The maximum Gasteiger partial charge on any atom is 0.223 e. The van der Waals surface area contributed by atoms with E-state index >= 15 is 0 Å². The summed E-state index contributed by atoms with van der Waals surface area (Å²) < 4.78 is 0. The molecule has 3 heteroatoms. The van der Waals surface area contributed by atoms with E-state index in [1.54, 1.807) is 0 Å². The number of hydrogen-bond donors (Lipinski definition) is 0. The van der Waals surface area contributed by atoms with E-state index in [1.807, 2.05) is 4.90 Å². The van der Waals surface area contributed by atoms with Gasteiger partial charge in [0, 0.05) is 38.8 Å². The molecule has 1 saturated carbocycles. The van der Waals surface area contributed by atoms with Crippen LogP contribution < -0.4 is 4.90 Å². The van der Waals surface area contributed by atoms with E-state index in [2.05, 4.69) is 66.5 Å². The van der Waals surface area contributed by atoms with Gasteiger partial charge >= 0.3 is 0 Å². The minimum Gasteiger partial charge on any atom is -0.373 e. The van der Waals surface area contributed by atoms with Crippen molar-refractivity contribution in [3.8, 4) is 0 Å². The number of benzene rings is 2. The highest BCUT2D eigenvalue weighted by atomic mass is 16.2. The third-order valence-electron chi connectivity index (χ3n) is 5.41. The summed E-state index contributed by atoms with van der Waals surface area (Å²) in [6.07, 6.45) is 1.84. The number of para-hydroxylation sites is 1. The lowest BCUT2D eigenvalue weighted by molar-refractivity contribution is -0.132. The molecule has 0 bridgehead atoms. The number of rotatable bonds is 3. The molecule has 2 aromatic carbocycles. The first kappa shape index (κ1) is 15.3. The van der Waals surface area contributed by atoms with Crippen LogP contribution in [-0.2, 0) is 11.3 Å². The van der Waals surface area contributed by atoms with Crippen molar-refractivity contribution in [1.82, 2.24) is 4.90 Å². The lowest BCUT2D eigenvalue weighted by atomic mass is 10.1. The molecule has 1 amide bonds. The van der Waals surface area contributed by atoms with E-state index in [-0.39, 0.29) is 0 Å². The average molecular weight is 320 g/mol. The van der Waals surface area contributed by atoms with Crippen LogP contribution in [0, 0.1) is 5.92 Å². The standard InChI is InChI=1S/C21H24N2O/c1-22-11-12-23(15-17-9-5-6-10-20(17)22)21(24)14-18-13-19(18)16-7-3-2-4-8-16/h2-10,18-19H,11-15H2,1H3/t18-,19-/m0/s1. The molecule has 0 saturated heterocycles. The van der Waals surface area contributed by atoms with E-state index in [0.717, 1.165) is 26.1 Å². The van der Waals surface area contributed by atoms with E-state index in [9.17, 15) is 4.79 Å². The highest BCUT2D eigenvalue weighted by molar-refractivity contribution is 5.77. The molecule has 4 rings (SSSR count). The van der Waals surface area contributed by atoms with Crippen LogP contribution in [0.25, 0.3) is 0 Å². The first-order valence-corrected chi connectivity index (χ1v) is 8.84. The fourth-order valence-corrected chi connectivity index (χ4v) is 3.84. The Morgan fingerprint density at radius 1 is 1.04 bits per heavy atom. The van der Waals surface area contributed by atoms with Crippen molar-refractivity contribution in [3.05, 3.63) is 65.7 Å². The Bertz CT molecular complexity index is 728. The Morgan fingerprint density at radius 3 is 2.62 bits per heavy atom. The Hall–Kier alpha value is -2.29. The zero-order valence-electron chi connectivity index (χ0n) is 14.2. The van der Waals surface area contributed by atoms with Crippen molar-refractivity contribution in [2.24, 2.45) is 5.92 Å². The first-order chi connectivity index (χ1) is 11.7. The summed E-state index contributed by atoms with van der Waals surface area (Å²) >= 11 is 0. The molecule has 1 fully saturated rings. The Labute approximate surface area is 143 Å². The van der Waals surface area contributed by atoms with Crippen molar-refractivity contribution in [3.63, 3.8) is 0 Å². The van der Waals surface area contributed by atoms with Crippen LogP contribution in [0.2, 0.25) is 0 Å². The van der Waals surface area contributed by atoms with Gasteiger partial charge in [-0.3, -0.25) is 4.79 Å². The zero-order chi connectivity index (χ0) is 16.5. The van der Waals surface area contributed by atoms with Gasteiger partial charge in [-0.05, 0) is 35.4 Å². The number of likely N-dealkylation sites (N-methyl/N-ethyl adjacent to an activating group) is 1. The molecule has 1 aliphatic carbocycles. The smallest absolute Gasteiger partial charge is 0.223 e. The predicted octanol–water partition coefficient (Wildman–Crippen LogP) is 3.66. The number of fused-ring (bicyclic) bond motifs is 1. The summed E-state index contributed by atoms with van der Waals surface area (Å²) in [5.74, 6) is 1.41. The van der Waals surface area contributed by atoms with Gasteiger partial charge in [0.2, 0.25) is 5.91 Å². The normalized spacial score (nSPS) is 22.7. The van der Waals surface area contributed by atoms with Gasteiger partial charge in [0.1, 0.15) is 0 Å². The van der Waals surface area contributed by atoms with Crippen LogP contribution in [0.1, 0.15) is 29.9 Å².